The first kappa shape index (κ1) is 50.8. The molecule has 0 atom stereocenters. The lowest BCUT2D eigenvalue weighted by atomic mass is 9.98. The molecule has 0 aliphatic heterocycles. The zero-order chi connectivity index (χ0) is 58.1. The Morgan fingerprint density at radius 1 is 0.159 bits per heavy atom. The van der Waals surface area contributed by atoms with Crippen LogP contribution < -0.4 is 4.90 Å². The van der Waals surface area contributed by atoms with Crippen LogP contribution in [-0.2, 0) is 0 Å². The number of hydrogen-bond donors (Lipinski definition) is 0. The second kappa shape index (κ2) is 21.1. The highest BCUT2D eigenvalue weighted by Crippen LogP contribution is 2.42. The third kappa shape index (κ3) is 8.69. The summed E-state index contributed by atoms with van der Waals surface area (Å²) < 4.78 is 7.11. The molecule has 0 radical (unpaired) electrons. The Morgan fingerprint density at radius 2 is 0.375 bits per heavy atom. The molecule has 0 amide bonds. The van der Waals surface area contributed by atoms with E-state index in [0.29, 0.717) is 0 Å². The number of anilines is 3. The van der Waals surface area contributed by atoms with Crippen LogP contribution in [0.2, 0.25) is 0 Å². The summed E-state index contributed by atoms with van der Waals surface area (Å²) in [6.07, 6.45) is 0. The molecular formula is C84H56N4. The van der Waals surface area contributed by atoms with Gasteiger partial charge in [-0.15, -0.1) is 0 Å². The maximum Gasteiger partial charge on any atom is 0.0541 e. The van der Waals surface area contributed by atoms with Crippen LogP contribution in [-0.4, -0.2) is 13.7 Å². The Balaban J connectivity index is 0.677. The highest BCUT2D eigenvalue weighted by molar-refractivity contribution is 6.12. The van der Waals surface area contributed by atoms with Gasteiger partial charge in [-0.2, -0.15) is 0 Å². The number of rotatable bonds is 11. The number of fused-ring (bicyclic) bond motifs is 9. The van der Waals surface area contributed by atoms with Gasteiger partial charge >= 0.3 is 0 Å². The van der Waals surface area contributed by atoms with Gasteiger partial charge in [-0.25, -0.2) is 0 Å². The molecule has 0 spiro atoms. The first-order valence-corrected chi connectivity index (χ1v) is 30.2. The van der Waals surface area contributed by atoms with E-state index < -0.39 is 0 Å². The smallest absolute Gasteiger partial charge is 0.0541 e. The van der Waals surface area contributed by atoms with E-state index in [1.807, 2.05) is 0 Å². The molecule has 4 nitrogen and oxygen atoms in total. The van der Waals surface area contributed by atoms with Gasteiger partial charge in [-0.3, -0.25) is 0 Å². The summed E-state index contributed by atoms with van der Waals surface area (Å²) >= 11 is 0. The number of para-hydroxylation sites is 6. The Labute approximate surface area is 510 Å². The summed E-state index contributed by atoms with van der Waals surface area (Å²) in [6.45, 7) is 0. The van der Waals surface area contributed by atoms with E-state index in [-0.39, 0.29) is 0 Å². The fourth-order valence-corrected chi connectivity index (χ4v) is 13.6. The van der Waals surface area contributed by atoms with Gasteiger partial charge in [0.25, 0.3) is 0 Å². The van der Waals surface area contributed by atoms with E-state index >= 15 is 0 Å². The van der Waals surface area contributed by atoms with Gasteiger partial charge in [0.1, 0.15) is 0 Å². The summed E-state index contributed by atoms with van der Waals surface area (Å²) in [5, 5.41) is 7.53. The molecular weight excluding hydrogens is 1060 g/mol. The lowest BCUT2D eigenvalue weighted by Crippen LogP contribution is -2.09. The minimum Gasteiger partial charge on any atom is -0.311 e. The third-order valence-electron chi connectivity index (χ3n) is 17.9. The third-order valence-corrected chi connectivity index (χ3v) is 17.9. The second-order valence-electron chi connectivity index (χ2n) is 22.9. The number of aromatic nitrogens is 3. The zero-order valence-corrected chi connectivity index (χ0v) is 48.1. The van der Waals surface area contributed by atoms with Crippen LogP contribution in [0.3, 0.4) is 0 Å². The highest BCUT2D eigenvalue weighted by atomic mass is 15.1. The van der Waals surface area contributed by atoms with Crippen LogP contribution in [0, 0.1) is 0 Å². The highest BCUT2D eigenvalue weighted by Gasteiger charge is 2.19. The van der Waals surface area contributed by atoms with Crippen molar-refractivity contribution in [3.63, 3.8) is 0 Å². The van der Waals surface area contributed by atoms with E-state index in [9.17, 15) is 0 Å². The molecule has 0 bridgehead atoms. The fourth-order valence-electron chi connectivity index (χ4n) is 13.6. The molecule has 412 valence electrons. The van der Waals surface area contributed by atoms with Crippen molar-refractivity contribution in [1.82, 2.24) is 13.7 Å². The van der Waals surface area contributed by atoms with Gasteiger partial charge in [0.15, 0.2) is 0 Å². The first-order chi connectivity index (χ1) is 43.6. The Hall–Kier alpha value is -11.7. The SMILES string of the molecule is c1ccc(-n2c3ccccc3c3cc(-c4ccc(-c5ccc(N(c6ccc(-c7ccc(-c8ccc9c(c8)c8ccccc8n9-c8ccccc8)cc7)cc6)c6ccc(-c7ccc(-n8c9ccccc9c9ccccc98)cc7)cc6)cc5)cc4)ccc32)cc1. The van der Waals surface area contributed by atoms with Gasteiger partial charge < -0.3 is 18.6 Å². The molecule has 0 saturated heterocycles. The molecule has 0 fully saturated rings. The number of nitrogens with zero attached hydrogens (tertiary/aromatic N) is 4. The lowest BCUT2D eigenvalue weighted by Gasteiger charge is -2.26. The summed E-state index contributed by atoms with van der Waals surface area (Å²) in [5.41, 5.74) is 25.7. The largest absolute Gasteiger partial charge is 0.311 e. The Morgan fingerprint density at radius 3 is 0.693 bits per heavy atom. The molecule has 4 heteroatoms. The average molecular weight is 1120 g/mol. The summed E-state index contributed by atoms with van der Waals surface area (Å²) in [7, 11) is 0. The van der Waals surface area contributed by atoms with Crippen LogP contribution >= 0.6 is 0 Å². The van der Waals surface area contributed by atoms with Gasteiger partial charge in [-0.05, 0) is 177 Å². The normalized spacial score (nSPS) is 11.6. The lowest BCUT2D eigenvalue weighted by molar-refractivity contribution is 1.18. The minimum atomic E-state index is 1.08. The molecule has 0 saturated carbocycles. The van der Waals surface area contributed by atoms with E-state index in [1.54, 1.807) is 0 Å². The van der Waals surface area contributed by atoms with Gasteiger partial charge in [-0.1, -0.05) is 218 Å². The van der Waals surface area contributed by atoms with E-state index in [2.05, 4.69) is 358 Å². The molecule has 17 rings (SSSR count). The maximum atomic E-state index is 2.37. The summed E-state index contributed by atoms with van der Waals surface area (Å²) in [4.78, 5) is 2.37. The van der Waals surface area contributed by atoms with Gasteiger partial charge in [0.2, 0.25) is 0 Å². The van der Waals surface area contributed by atoms with Crippen LogP contribution in [0.4, 0.5) is 17.1 Å². The predicted molar refractivity (Wildman–Crippen MR) is 371 cm³/mol. The molecule has 88 heavy (non-hydrogen) atoms. The second-order valence-corrected chi connectivity index (χ2v) is 22.9. The van der Waals surface area contributed by atoms with Crippen LogP contribution in [0.1, 0.15) is 0 Å². The van der Waals surface area contributed by atoms with Crippen molar-refractivity contribution >= 4 is 82.5 Å². The fraction of sp³-hybridized carbons (Fsp3) is 0. The minimum absolute atomic E-state index is 1.08. The molecule has 0 unspecified atom stereocenters. The van der Waals surface area contributed by atoms with Crippen molar-refractivity contribution in [2.24, 2.45) is 0 Å². The van der Waals surface area contributed by atoms with Crippen LogP contribution in [0.25, 0.3) is 138 Å². The Bertz CT molecular complexity index is 5130. The summed E-state index contributed by atoms with van der Waals surface area (Å²) in [5.74, 6) is 0. The van der Waals surface area contributed by atoms with Crippen LogP contribution in [0.15, 0.2) is 340 Å². The Kier molecular flexibility index (Phi) is 12.2. The summed E-state index contributed by atoms with van der Waals surface area (Å²) in [6, 6.07) is 124. The molecule has 0 aliphatic carbocycles. The molecule has 0 N–H and O–H groups in total. The molecule has 17 aromatic rings. The zero-order valence-electron chi connectivity index (χ0n) is 48.1. The molecule has 3 aromatic heterocycles. The predicted octanol–water partition coefficient (Wildman–Crippen LogP) is 22.8. The standard InChI is InChI=1S/C84H56N4/c1-3-15-67(16-4-1)86-81-25-13-9-21-75(81)77-55-65(43-53-83(77)86)63-31-27-57(28-32-63)59-35-45-69(46-36-59)85(71-49-39-61(40-50-71)62-41-51-72(52-42-62)88-79-23-11-7-19-73(79)74-20-8-12-24-80(74)88)70-47-37-60(38-48-70)58-29-33-64(34-30-58)66-44-54-84-78(56-66)76-22-10-14-26-82(76)87(84)68-17-5-2-6-18-68/h1-56H. The van der Waals surface area contributed by atoms with Crippen molar-refractivity contribution in [2.75, 3.05) is 4.90 Å². The van der Waals surface area contributed by atoms with E-state index in [1.165, 1.54) is 104 Å². The monoisotopic (exact) mass is 1120 g/mol. The van der Waals surface area contributed by atoms with Crippen LogP contribution in [0.5, 0.6) is 0 Å². The van der Waals surface area contributed by atoms with E-state index in [4.69, 9.17) is 0 Å². The van der Waals surface area contributed by atoms with Crippen molar-refractivity contribution in [1.29, 1.82) is 0 Å². The molecule has 0 aliphatic rings. The maximum absolute atomic E-state index is 2.37. The van der Waals surface area contributed by atoms with Gasteiger partial charge in [0.05, 0.1) is 33.1 Å². The number of hydrogen-bond acceptors (Lipinski definition) is 1. The van der Waals surface area contributed by atoms with Crippen molar-refractivity contribution < 1.29 is 0 Å². The van der Waals surface area contributed by atoms with Crippen molar-refractivity contribution in [2.45, 2.75) is 0 Å². The first-order valence-electron chi connectivity index (χ1n) is 30.2. The average Bonchev–Trinajstić information content (AvgIpc) is 2.11. The molecule has 14 aromatic carbocycles. The molecule has 3 heterocycles. The van der Waals surface area contributed by atoms with Crippen molar-refractivity contribution in [3.8, 4) is 72.7 Å². The topological polar surface area (TPSA) is 18.0 Å². The van der Waals surface area contributed by atoms with E-state index in [0.717, 1.165) is 50.8 Å². The van der Waals surface area contributed by atoms with Gasteiger partial charge in [0, 0.05) is 66.4 Å². The van der Waals surface area contributed by atoms with Crippen molar-refractivity contribution in [3.05, 3.63) is 340 Å². The number of benzene rings is 14. The quantitative estimate of drug-likeness (QED) is 0.126.